The molecule has 0 bridgehead atoms. The SMILES string of the molecule is COc1cc(F)ccc1Oc1nc2ccccc2nc1C(=O)Nc1ccc2nc[nH]c2c1. The number of halogens is 1. The lowest BCUT2D eigenvalue weighted by Crippen LogP contribution is -2.16. The third-order valence-corrected chi connectivity index (χ3v) is 4.76. The maximum Gasteiger partial charge on any atom is 0.279 e. The Balaban J connectivity index is 1.55. The van der Waals surface area contributed by atoms with Crippen molar-refractivity contribution in [2.24, 2.45) is 0 Å². The van der Waals surface area contributed by atoms with Gasteiger partial charge in [-0.1, -0.05) is 12.1 Å². The Morgan fingerprint density at radius 2 is 1.78 bits per heavy atom. The second-order valence-electron chi connectivity index (χ2n) is 6.85. The first-order valence-electron chi connectivity index (χ1n) is 9.63. The van der Waals surface area contributed by atoms with E-state index in [9.17, 15) is 9.18 Å². The van der Waals surface area contributed by atoms with Gasteiger partial charge in [-0.05, 0) is 42.5 Å². The van der Waals surface area contributed by atoms with Crippen LogP contribution in [-0.2, 0) is 0 Å². The standard InChI is InChI=1S/C23H16FN5O3/c1-31-20-10-13(24)6-9-19(20)32-23-21(28-16-4-2-3-5-17(16)29-23)22(30)27-14-7-8-15-18(11-14)26-12-25-15/h2-12H,1H3,(H,25,26)(H,27,30). The first kappa shape index (κ1) is 19.4. The molecular formula is C23H16FN5O3. The Morgan fingerprint density at radius 3 is 2.59 bits per heavy atom. The summed E-state index contributed by atoms with van der Waals surface area (Å²) >= 11 is 0. The molecule has 5 aromatic rings. The van der Waals surface area contributed by atoms with Gasteiger partial charge in [0, 0.05) is 11.8 Å². The summed E-state index contributed by atoms with van der Waals surface area (Å²) in [7, 11) is 1.40. The molecule has 9 heteroatoms. The molecule has 158 valence electrons. The number of hydrogen-bond donors (Lipinski definition) is 2. The van der Waals surface area contributed by atoms with Gasteiger partial charge in [-0.25, -0.2) is 19.3 Å². The van der Waals surface area contributed by atoms with Gasteiger partial charge in [0.05, 0.1) is 35.5 Å². The topological polar surface area (TPSA) is 102 Å². The summed E-state index contributed by atoms with van der Waals surface area (Å²) in [5.41, 5.74) is 3.15. The summed E-state index contributed by atoms with van der Waals surface area (Å²) in [6.07, 6.45) is 1.58. The number of fused-ring (bicyclic) bond motifs is 2. The van der Waals surface area contributed by atoms with Gasteiger partial charge in [-0.15, -0.1) is 0 Å². The number of H-pyrrole nitrogens is 1. The fraction of sp³-hybridized carbons (Fsp3) is 0.0435. The largest absolute Gasteiger partial charge is 0.493 e. The van der Waals surface area contributed by atoms with Crippen LogP contribution in [0.3, 0.4) is 0 Å². The Bertz CT molecular complexity index is 1470. The number of aromatic amines is 1. The summed E-state index contributed by atoms with van der Waals surface area (Å²) in [5.74, 6) is -0.666. The quantitative estimate of drug-likeness (QED) is 0.420. The molecule has 2 aromatic heterocycles. The molecule has 0 radical (unpaired) electrons. The van der Waals surface area contributed by atoms with Crippen LogP contribution >= 0.6 is 0 Å². The molecule has 0 aliphatic heterocycles. The Kier molecular flexibility index (Phi) is 4.83. The van der Waals surface area contributed by atoms with Crippen LogP contribution in [0.4, 0.5) is 10.1 Å². The van der Waals surface area contributed by atoms with Crippen LogP contribution in [0.5, 0.6) is 17.4 Å². The van der Waals surface area contributed by atoms with Gasteiger partial charge in [0.1, 0.15) is 5.82 Å². The second kappa shape index (κ2) is 7.95. The highest BCUT2D eigenvalue weighted by Crippen LogP contribution is 2.33. The molecule has 0 aliphatic carbocycles. The van der Waals surface area contributed by atoms with Crippen molar-refractivity contribution in [2.45, 2.75) is 0 Å². The number of aromatic nitrogens is 4. The molecule has 2 N–H and O–H groups in total. The Labute approximate surface area is 181 Å². The highest BCUT2D eigenvalue weighted by molar-refractivity contribution is 6.06. The lowest BCUT2D eigenvalue weighted by molar-refractivity contribution is 0.101. The van der Waals surface area contributed by atoms with Gasteiger partial charge in [0.15, 0.2) is 17.2 Å². The molecule has 2 heterocycles. The van der Waals surface area contributed by atoms with Crippen LogP contribution in [-0.4, -0.2) is 33.0 Å². The molecule has 0 atom stereocenters. The molecule has 0 saturated heterocycles. The van der Waals surface area contributed by atoms with Crippen molar-refractivity contribution in [3.05, 3.63) is 78.5 Å². The summed E-state index contributed by atoms with van der Waals surface area (Å²) in [6.45, 7) is 0. The first-order valence-corrected chi connectivity index (χ1v) is 9.63. The number of amides is 1. The number of nitrogens with zero attached hydrogens (tertiary/aromatic N) is 3. The van der Waals surface area contributed by atoms with Gasteiger partial charge in [0.2, 0.25) is 0 Å². The van der Waals surface area contributed by atoms with Crippen LogP contribution in [0.15, 0.2) is 67.0 Å². The molecule has 32 heavy (non-hydrogen) atoms. The van der Waals surface area contributed by atoms with Gasteiger partial charge < -0.3 is 19.8 Å². The molecule has 0 fully saturated rings. The van der Waals surface area contributed by atoms with E-state index in [0.29, 0.717) is 16.7 Å². The van der Waals surface area contributed by atoms with E-state index < -0.39 is 11.7 Å². The van der Waals surface area contributed by atoms with Crippen molar-refractivity contribution < 1.29 is 18.7 Å². The highest BCUT2D eigenvalue weighted by atomic mass is 19.1. The fourth-order valence-corrected chi connectivity index (χ4v) is 3.24. The van der Waals surface area contributed by atoms with E-state index in [4.69, 9.17) is 9.47 Å². The monoisotopic (exact) mass is 429 g/mol. The van der Waals surface area contributed by atoms with Crippen molar-refractivity contribution in [2.75, 3.05) is 12.4 Å². The summed E-state index contributed by atoms with van der Waals surface area (Å²) in [5, 5.41) is 2.81. The summed E-state index contributed by atoms with van der Waals surface area (Å²) in [4.78, 5) is 29.2. The van der Waals surface area contributed by atoms with E-state index in [1.165, 1.54) is 25.3 Å². The van der Waals surface area contributed by atoms with Crippen molar-refractivity contribution in [1.82, 2.24) is 19.9 Å². The number of imidazole rings is 1. The van der Waals surface area contributed by atoms with E-state index in [-0.39, 0.29) is 23.1 Å². The van der Waals surface area contributed by atoms with Crippen LogP contribution < -0.4 is 14.8 Å². The number of rotatable bonds is 5. The van der Waals surface area contributed by atoms with Crippen LogP contribution in [0, 0.1) is 5.82 Å². The molecule has 5 rings (SSSR count). The number of nitrogens with one attached hydrogen (secondary N) is 2. The zero-order valence-electron chi connectivity index (χ0n) is 16.8. The maximum atomic E-state index is 13.6. The smallest absolute Gasteiger partial charge is 0.279 e. The third kappa shape index (κ3) is 3.67. The van der Waals surface area contributed by atoms with Crippen molar-refractivity contribution in [1.29, 1.82) is 0 Å². The average Bonchev–Trinajstić information content (AvgIpc) is 3.27. The minimum absolute atomic E-state index is 0.0280. The van der Waals surface area contributed by atoms with Gasteiger partial charge in [-0.2, -0.15) is 0 Å². The lowest BCUT2D eigenvalue weighted by Gasteiger charge is -2.13. The van der Waals surface area contributed by atoms with E-state index in [1.807, 2.05) is 0 Å². The fourth-order valence-electron chi connectivity index (χ4n) is 3.24. The predicted octanol–water partition coefficient (Wildman–Crippen LogP) is 4.70. The summed E-state index contributed by atoms with van der Waals surface area (Å²) in [6, 6.07) is 16.2. The minimum Gasteiger partial charge on any atom is -0.493 e. The van der Waals surface area contributed by atoms with Crippen LogP contribution in [0.2, 0.25) is 0 Å². The molecule has 0 aliphatic rings. The van der Waals surface area contributed by atoms with E-state index in [0.717, 1.165) is 11.0 Å². The molecule has 0 saturated carbocycles. The van der Waals surface area contributed by atoms with Crippen molar-refractivity contribution >= 4 is 33.7 Å². The number of anilines is 1. The van der Waals surface area contributed by atoms with E-state index >= 15 is 0 Å². The van der Waals surface area contributed by atoms with Crippen molar-refractivity contribution in [3.8, 4) is 17.4 Å². The zero-order valence-corrected chi connectivity index (χ0v) is 16.8. The highest BCUT2D eigenvalue weighted by Gasteiger charge is 2.20. The first-order chi connectivity index (χ1) is 15.6. The number of benzene rings is 3. The third-order valence-electron chi connectivity index (χ3n) is 4.76. The molecular weight excluding hydrogens is 413 g/mol. The molecule has 8 nitrogen and oxygen atoms in total. The number of para-hydroxylation sites is 2. The van der Waals surface area contributed by atoms with Gasteiger partial charge in [-0.3, -0.25) is 4.79 Å². The van der Waals surface area contributed by atoms with E-state index in [1.54, 1.807) is 48.8 Å². The average molecular weight is 429 g/mol. The molecule has 1 amide bonds. The number of methoxy groups -OCH3 is 1. The van der Waals surface area contributed by atoms with Gasteiger partial charge in [0.25, 0.3) is 11.8 Å². The van der Waals surface area contributed by atoms with Gasteiger partial charge >= 0.3 is 0 Å². The normalized spacial score (nSPS) is 10.9. The Morgan fingerprint density at radius 1 is 0.969 bits per heavy atom. The van der Waals surface area contributed by atoms with Crippen LogP contribution in [0.1, 0.15) is 10.5 Å². The zero-order chi connectivity index (χ0) is 22.1. The van der Waals surface area contributed by atoms with E-state index in [2.05, 4.69) is 25.3 Å². The second-order valence-corrected chi connectivity index (χ2v) is 6.85. The predicted molar refractivity (Wildman–Crippen MR) is 117 cm³/mol. The lowest BCUT2D eigenvalue weighted by atomic mass is 10.2. The minimum atomic E-state index is -0.516. The number of ether oxygens (including phenoxy) is 2. The summed E-state index contributed by atoms with van der Waals surface area (Å²) < 4.78 is 24.6. The number of carbonyl (C=O) groups is 1. The number of hydrogen-bond acceptors (Lipinski definition) is 6. The molecule has 3 aromatic carbocycles. The van der Waals surface area contributed by atoms with Crippen LogP contribution in [0.25, 0.3) is 22.1 Å². The van der Waals surface area contributed by atoms with Crippen molar-refractivity contribution in [3.63, 3.8) is 0 Å². The maximum absolute atomic E-state index is 13.6. The Hall–Kier alpha value is -4.53. The molecule has 0 spiro atoms. The number of carbonyl (C=O) groups excluding carboxylic acids is 1. The molecule has 0 unspecified atom stereocenters.